The Kier molecular flexibility index (Phi) is 6.21. The number of likely N-dealkylation sites (tertiary alicyclic amines) is 1. The Morgan fingerprint density at radius 1 is 1.06 bits per heavy atom. The molecular formula is C24H23FIN3O4S. The molecule has 178 valence electrons. The van der Waals surface area contributed by atoms with Crippen molar-refractivity contribution in [3.05, 3.63) is 57.4 Å². The molecule has 3 aliphatic rings. The van der Waals surface area contributed by atoms with Crippen molar-refractivity contribution < 1.29 is 22.4 Å². The van der Waals surface area contributed by atoms with Gasteiger partial charge < -0.3 is 10.2 Å². The molecule has 1 amide bonds. The molecule has 7 nitrogen and oxygen atoms in total. The minimum Gasteiger partial charge on any atom is -0.341 e. The molecule has 1 aliphatic carbocycles. The quantitative estimate of drug-likeness (QED) is 0.426. The summed E-state index contributed by atoms with van der Waals surface area (Å²) >= 11 is 2.02. The van der Waals surface area contributed by atoms with E-state index in [9.17, 15) is 22.4 Å². The van der Waals surface area contributed by atoms with E-state index in [0.29, 0.717) is 18.5 Å². The van der Waals surface area contributed by atoms with Crippen molar-refractivity contribution in [2.24, 2.45) is 16.2 Å². The number of sulfonamides is 1. The normalized spacial score (nSPS) is 26.1. The number of hydrogen-bond donors (Lipinski definition) is 1. The Balaban J connectivity index is 1.55. The molecule has 1 saturated heterocycles. The maximum atomic E-state index is 13.8. The molecule has 10 heteroatoms. The van der Waals surface area contributed by atoms with Gasteiger partial charge in [0, 0.05) is 22.1 Å². The summed E-state index contributed by atoms with van der Waals surface area (Å²) in [5.74, 6) is -2.96. The van der Waals surface area contributed by atoms with Crippen molar-refractivity contribution in [1.82, 2.24) is 4.90 Å². The number of halogens is 2. The fourth-order valence-electron chi connectivity index (χ4n) is 5.17. The van der Waals surface area contributed by atoms with E-state index in [1.54, 1.807) is 29.2 Å². The second-order valence-electron chi connectivity index (χ2n) is 8.96. The number of benzene rings is 2. The number of piperidine rings is 1. The third-order valence-corrected chi connectivity index (χ3v) is 8.80. The SMILES string of the molecule is O=C1C(C2=NS(=O)(=O)c3cc(I)ccc3N2)C(=O)N(Cc2ccc(F)cc2)C2CCCCCC12. The molecule has 0 spiro atoms. The summed E-state index contributed by atoms with van der Waals surface area (Å²) in [7, 11) is -4.07. The molecule has 2 heterocycles. The van der Waals surface area contributed by atoms with Gasteiger partial charge in [-0.2, -0.15) is 8.42 Å². The van der Waals surface area contributed by atoms with Crippen LogP contribution in [0.4, 0.5) is 10.1 Å². The van der Waals surface area contributed by atoms with E-state index in [-0.39, 0.29) is 34.9 Å². The second kappa shape index (κ2) is 9.03. The lowest BCUT2D eigenvalue weighted by atomic mass is 9.77. The van der Waals surface area contributed by atoms with Gasteiger partial charge >= 0.3 is 0 Å². The number of anilines is 1. The van der Waals surface area contributed by atoms with Crippen LogP contribution in [0.5, 0.6) is 0 Å². The van der Waals surface area contributed by atoms with Crippen LogP contribution < -0.4 is 5.32 Å². The van der Waals surface area contributed by atoms with Crippen LogP contribution >= 0.6 is 22.6 Å². The summed E-state index contributed by atoms with van der Waals surface area (Å²) in [5.41, 5.74) is 1.05. The molecular weight excluding hydrogens is 572 g/mol. The van der Waals surface area contributed by atoms with Crippen molar-refractivity contribution >= 4 is 55.8 Å². The van der Waals surface area contributed by atoms with Crippen LogP contribution in [-0.2, 0) is 26.2 Å². The highest BCUT2D eigenvalue weighted by molar-refractivity contribution is 14.1. The van der Waals surface area contributed by atoms with E-state index >= 15 is 0 Å². The predicted octanol–water partition coefficient (Wildman–Crippen LogP) is 4.12. The maximum absolute atomic E-state index is 13.8. The minimum atomic E-state index is -4.07. The average Bonchev–Trinajstić information content (AvgIpc) is 3.05. The molecule has 2 aromatic rings. The van der Waals surface area contributed by atoms with Crippen LogP contribution in [0.25, 0.3) is 0 Å². The lowest BCUT2D eigenvalue weighted by Gasteiger charge is -2.43. The smallest absolute Gasteiger partial charge is 0.286 e. The molecule has 2 fully saturated rings. The van der Waals surface area contributed by atoms with Crippen LogP contribution in [0.2, 0.25) is 0 Å². The Labute approximate surface area is 211 Å². The lowest BCUT2D eigenvalue weighted by molar-refractivity contribution is -0.151. The Morgan fingerprint density at radius 3 is 2.56 bits per heavy atom. The molecule has 1 saturated carbocycles. The van der Waals surface area contributed by atoms with Gasteiger partial charge in [-0.25, -0.2) is 4.39 Å². The number of amidine groups is 1. The van der Waals surface area contributed by atoms with E-state index in [4.69, 9.17) is 0 Å². The summed E-state index contributed by atoms with van der Waals surface area (Å²) in [5, 5.41) is 2.96. The number of amides is 1. The molecule has 34 heavy (non-hydrogen) atoms. The van der Waals surface area contributed by atoms with Gasteiger partial charge in [-0.3, -0.25) is 9.59 Å². The van der Waals surface area contributed by atoms with Gasteiger partial charge in [0.2, 0.25) is 5.91 Å². The third kappa shape index (κ3) is 4.26. The van der Waals surface area contributed by atoms with E-state index < -0.39 is 27.8 Å². The van der Waals surface area contributed by atoms with Gasteiger partial charge in [-0.1, -0.05) is 31.4 Å². The molecule has 0 bridgehead atoms. The van der Waals surface area contributed by atoms with Crippen LogP contribution in [0.1, 0.15) is 37.7 Å². The number of fused-ring (bicyclic) bond motifs is 2. The van der Waals surface area contributed by atoms with E-state index in [1.807, 2.05) is 22.6 Å². The van der Waals surface area contributed by atoms with Gasteiger partial charge in [0.25, 0.3) is 10.0 Å². The largest absolute Gasteiger partial charge is 0.341 e. The number of hydrogen-bond acceptors (Lipinski definition) is 5. The molecule has 0 aromatic heterocycles. The first-order chi connectivity index (χ1) is 16.2. The number of nitrogens with zero attached hydrogens (tertiary/aromatic N) is 2. The summed E-state index contributed by atoms with van der Waals surface area (Å²) in [4.78, 5) is 29.1. The summed E-state index contributed by atoms with van der Waals surface area (Å²) in [6.45, 7) is 0.221. The Hall–Kier alpha value is -2.34. The molecule has 5 rings (SSSR count). The highest BCUT2D eigenvalue weighted by Crippen LogP contribution is 2.38. The molecule has 2 aromatic carbocycles. The summed E-state index contributed by atoms with van der Waals surface area (Å²) in [6, 6.07) is 10.5. The first-order valence-electron chi connectivity index (χ1n) is 11.2. The van der Waals surface area contributed by atoms with Crippen molar-refractivity contribution in [3.8, 4) is 0 Å². The van der Waals surface area contributed by atoms with Crippen LogP contribution in [0, 0.1) is 21.2 Å². The second-order valence-corrected chi connectivity index (χ2v) is 11.8. The predicted molar refractivity (Wildman–Crippen MR) is 133 cm³/mol. The summed E-state index contributed by atoms with van der Waals surface area (Å²) in [6.07, 6.45) is 4.10. The number of nitrogens with one attached hydrogen (secondary N) is 1. The van der Waals surface area contributed by atoms with Crippen LogP contribution in [0.15, 0.2) is 51.8 Å². The van der Waals surface area contributed by atoms with Crippen molar-refractivity contribution in [2.45, 2.75) is 49.6 Å². The minimum absolute atomic E-state index is 0.0226. The highest BCUT2D eigenvalue weighted by atomic mass is 127. The molecule has 3 unspecified atom stereocenters. The zero-order valence-electron chi connectivity index (χ0n) is 18.2. The molecule has 2 aliphatic heterocycles. The van der Waals surface area contributed by atoms with E-state index in [0.717, 1.165) is 28.4 Å². The molecule has 1 N–H and O–H groups in total. The number of rotatable bonds is 3. The maximum Gasteiger partial charge on any atom is 0.286 e. The lowest BCUT2D eigenvalue weighted by Crippen LogP contribution is -2.59. The van der Waals surface area contributed by atoms with Crippen molar-refractivity contribution in [2.75, 3.05) is 5.32 Å². The van der Waals surface area contributed by atoms with Gasteiger partial charge in [-0.05, 0) is 71.3 Å². The fraction of sp³-hybridized carbons (Fsp3) is 0.375. The van der Waals surface area contributed by atoms with Crippen LogP contribution in [0.3, 0.4) is 0 Å². The zero-order chi connectivity index (χ0) is 24.0. The Bertz CT molecular complexity index is 1300. The van der Waals surface area contributed by atoms with Crippen LogP contribution in [-0.4, -0.2) is 36.9 Å². The first-order valence-corrected chi connectivity index (χ1v) is 13.8. The zero-order valence-corrected chi connectivity index (χ0v) is 21.2. The monoisotopic (exact) mass is 595 g/mol. The number of ketones is 1. The first kappa shape index (κ1) is 23.4. The number of carbonyl (C=O) groups is 2. The highest BCUT2D eigenvalue weighted by Gasteiger charge is 2.51. The summed E-state index contributed by atoms with van der Waals surface area (Å²) < 4.78 is 43.9. The molecule has 0 radical (unpaired) electrons. The van der Waals surface area contributed by atoms with E-state index in [1.165, 1.54) is 18.2 Å². The van der Waals surface area contributed by atoms with E-state index in [2.05, 4.69) is 9.71 Å². The standard InChI is InChI=1S/C24H23FIN3O4S/c25-15-8-6-14(7-9-15)13-29-19-5-3-1-2-4-17(19)22(30)21(24(29)31)23-27-18-11-10-16(26)12-20(18)34(32,33)28-23/h6-12,17,19,21H,1-5,13H2,(H,27,28). The third-order valence-electron chi connectivity index (χ3n) is 6.80. The Morgan fingerprint density at radius 2 is 1.79 bits per heavy atom. The topological polar surface area (TPSA) is 95.9 Å². The van der Waals surface area contributed by atoms with Gasteiger partial charge in [0.1, 0.15) is 16.5 Å². The van der Waals surface area contributed by atoms with Crippen molar-refractivity contribution in [3.63, 3.8) is 0 Å². The van der Waals surface area contributed by atoms with Crippen molar-refractivity contribution in [1.29, 1.82) is 0 Å². The van der Waals surface area contributed by atoms with Gasteiger partial charge in [0.05, 0.1) is 5.69 Å². The van der Waals surface area contributed by atoms with Gasteiger partial charge in [0.15, 0.2) is 11.7 Å². The number of Topliss-reactive ketones (excluding diaryl/α,β-unsaturated/α-hetero) is 1. The molecule has 3 atom stereocenters. The average molecular weight is 595 g/mol. The fourth-order valence-corrected chi connectivity index (χ4v) is 7.05. The number of carbonyl (C=O) groups excluding carboxylic acids is 2. The van der Waals surface area contributed by atoms with Gasteiger partial charge in [-0.15, -0.1) is 4.40 Å².